The van der Waals surface area contributed by atoms with Crippen molar-refractivity contribution in [2.45, 2.75) is 37.1 Å². The van der Waals surface area contributed by atoms with Gasteiger partial charge in [0.1, 0.15) is 0 Å². The maximum Gasteiger partial charge on any atom is 0.257 e. The zero-order chi connectivity index (χ0) is 12.4. The summed E-state index contributed by atoms with van der Waals surface area (Å²) in [6, 6.07) is 0.151. The van der Waals surface area contributed by atoms with Gasteiger partial charge in [-0.15, -0.1) is 11.6 Å². The molecule has 2 atom stereocenters. The van der Waals surface area contributed by atoms with Gasteiger partial charge >= 0.3 is 0 Å². The molecule has 1 aromatic rings. The summed E-state index contributed by atoms with van der Waals surface area (Å²) in [5.74, 6) is 0.00986. The van der Waals surface area contributed by atoms with E-state index in [4.69, 9.17) is 11.6 Å². The quantitative estimate of drug-likeness (QED) is 0.759. The highest BCUT2D eigenvalue weighted by atomic mass is 35.5. The Morgan fingerprint density at radius 3 is 2.82 bits per heavy atom. The van der Waals surface area contributed by atoms with E-state index in [9.17, 15) is 4.79 Å². The molecule has 1 aromatic heterocycles. The van der Waals surface area contributed by atoms with Crippen LogP contribution in [0.15, 0.2) is 12.4 Å². The van der Waals surface area contributed by atoms with Gasteiger partial charge in [-0.25, -0.2) is 0 Å². The molecule has 1 aliphatic carbocycles. The first kappa shape index (κ1) is 12.4. The number of aromatic nitrogens is 2. The molecular weight excluding hydrogens is 238 g/mol. The number of alkyl halides is 1. The average molecular weight is 256 g/mol. The lowest BCUT2D eigenvalue weighted by Crippen LogP contribution is -2.44. The van der Waals surface area contributed by atoms with Gasteiger partial charge in [0.2, 0.25) is 0 Å². The summed E-state index contributed by atoms with van der Waals surface area (Å²) in [4.78, 5) is 14.0. The SMILES string of the molecule is CN(C(=O)c1cnn(C)c1)C1CCCCC1Cl. The molecule has 0 aromatic carbocycles. The van der Waals surface area contributed by atoms with Crippen molar-refractivity contribution in [3.63, 3.8) is 0 Å². The van der Waals surface area contributed by atoms with E-state index in [0.29, 0.717) is 5.56 Å². The third-order valence-corrected chi connectivity index (χ3v) is 3.93. The van der Waals surface area contributed by atoms with Crippen LogP contribution in [0.1, 0.15) is 36.0 Å². The highest BCUT2D eigenvalue weighted by Crippen LogP contribution is 2.27. The van der Waals surface area contributed by atoms with Crippen molar-refractivity contribution in [1.29, 1.82) is 0 Å². The van der Waals surface area contributed by atoms with Crippen LogP contribution in [0.2, 0.25) is 0 Å². The lowest BCUT2D eigenvalue weighted by atomic mass is 9.93. The zero-order valence-corrected chi connectivity index (χ0v) is 11.0. The fraction of sp³-hybridized carbons (Fsp3) is 0.667. The summed E-state index contributed by atoms with van der Waals surface area (Å²) in [6.45, 7) is 0. The second-order valence-electron chi connectivity index (χ2n) is 4.69. The first-order valence-electron chi connectivity index (χ1n) is 5.99. The molecule has 5 heteroatoms. The van der Waals surface area contributed by atoms with Crippen LogP contribution in [-0.4, -0.2) is 39.1 Å². The number of carbonyl (C=O) groups excluding carboxylic acids is 1. The fourth-order valence-corrected chi connectivity index (χ4v) is 2.84. The Bertz CT molecular complexity index is 404. The average Bonchev–Trinajstić information content (AvgIpc) is 2.75. The van der Waals surface area contributed by atoms with Crippen molar-refractivity contribution in [2.75, 3.05) is 7.05 Å². The number of hydrogen-bond donors (Lipinski definition) is 0. The van der Waals surface area contributed by atoms with Crippen LogP contribution in [0.25, 0.3) is 0 Å². The largest absolute Gasteiger partial charge is 0.337 e. The first-order chi connectivity index (χ1) is 8.09. The minimum absolute atomic E-state index is 0.00986. The molecular formula is C12H18ClN3O. The van der Waals surface area contributed by atoms with Gasteiger partial charge in [-0.05, 0) is 12.8 Å². The molecule has 17 heavy (non-hydrogen) atoms. The minimum Gasteiger partial charge on any atom is -0.337 e. The van der Waals surface area contributed by atoms with Crippen LogP contribution in [-0.2, 0) is 7.05 Å². The minimum atomic E-state index is 0.00986. The van der Waals surface area contributed by atoms with Gasteiger partial charge in [-0.3, -0.25) is 9.48 Å². The zero-order valence-electron chi connectivity index (χ0n) is 10.3. The summed E-state index contributed by atoms with van der Waals surface area (Å²) in [5, 5.41) is 4.10. The monoisotopic (exact) mass is 255 g/mol. The molecule has 0 spiro atoms. The molecule has 4 nitrogen and oxygen atoms in total. The van der Waals surface area contributed by atoms with Crippen LogP contribution in [0, 0.1) is 0 Å². The molecule has 2 unspecified atom stereocenters. The predicted octanol–water partition coefficient (Wildman–Crippen LogP) is 2.04. The normalized spacial score (nSPS) is 24.6. The maximum absolute atomic E-state index is 12.2. The Kier molecular flexibility index (Phi) is 3.72. The molecule has 2 rings (SSSR count). The summed E-state index contributed by atoms with van der Waals surface area (Å²) < 4.78 is 1.64. The van der Waals surface area contributed by atoms with Gasteiger partial charge in [-0.1, -0.05) is 12.8 Å². The number of nitrogens with zero attached hydrogens (tertiary/aromatic N) is 3. The van der Waals surface area contributed by atoms with Crippen molar-refractivity contribution in [2.24, 2.45) is 7.05 Å². The molecule has 1 heterocycles. The lowest BCUT2D eigenvalue weighted by molar-refractivity contribution is 0.0700. The summed E-state index contributed by atoms with van der Waals surface area (Å²) in [7, 11) is 3.64. The lowest BCUT2D eigenvalue weighted by Gasteiger charge is -2.34. The number of rotatable bonds is 2. The maximum atomic E-state index is 12.2. The van der Waals surface area contributed by atoms with E-state index in [1.807, 2.05) is 14.1 Å². The standard InChI is InChI=1S/C12H18ClN3O/c1-15-8-9(7-14-15)12(17)16(2)11-6-4-3-5-10(11)13/h7-8,10-11H,3-6H2,1-2H3. The topological polar surface area (TPSA) is 38.1 Å². The van der Waals surface area contributed by atoms with E-state index in [0.717, 1.165) is 19.3 Å². The Balaban J connectivity index is 2.08. The van der Waals surface area contributed by atoms with E-state index in [1.165, 1.54) is 6.42 Å². The first-order valence-corrected chi connectivity index (χ1v) is 6.43. The van der Waals surface area contributed by atoms with Gasteiger partial charge in [0.15, 0.2) is 0 Å². The van der Waals surface area contributed by atoms with E-state index in [1.54, 1.807) is 22.0 Å². The molecule has 1 saturated carbocycles. The summed E-state index contributed by atoms with van der Waals surface area (Å²) in [5.41, 5.74) is 0.629. The van der Waals surface area contributed by atoms with Gasteiger partial charge in [0, 0.05) is 26.3 Å². The number of aryl methyl sites for hydroxylation is 1. The molecule has 0 bridgehead atoms. The van der Waals surface area contributed by atoms with E-state index in [-0.39, 0.29) is 17.3 Å². The molecule has 0 aliphatic heterocycles. The van der Waals surface area contributed by atoms with Crippen molar-refractivity contribution >= 4 is 17.5 Å². The number of halogens is 1. The molecule has 0 N–H and O–H groups in total. The van der Waals surface area contributed by atoms with Crippen LogP contribution in [0.5, 0.6) is 0 Å². The fourth-order valence-electron chi connectivity index (χ4n) is 2.39. The van der Waals surface area contributed by atoms with Crippen LogP contribution < -0.4 is 0 Å². The van der Waals surface area contributed by atoms with Crippen LogP contribution in [0.3, 0.4) is 0 Å². The third-order valence-electron chi connectivity index (χ3n) is 3.42. The molecule has 0 saturated heterocycles. The molecule has 0 radical (unpaired) electrons. The highest BCUT2D eigenvalue weighted by Gasteiger charge is 2.30. The van der Waals surface area contributed by atoms with Crippen molar-refractivity contribution in [3.8, 4) is 0 Å². The molecule has 1 amide bonds. The Hall–Kier alpha value is -1.03. The van der Waals surface area contributed by atoms with Crippen molar-refractivity contribution in [3.05, 3.63) is 18.0 Å². The smallest absolute Gasteiger partial charge is 0.257 e. The van der Waals surface area contributed by atoms with Gasteiger partial charge in [0.25, 0.3) is 5.91 Å². The van der Waals surface area contributed by atoms with Gasteiger partial charge in [0.05, 0.1) is 17.1 Å². The van der Waals surface area contributed by atoms with Gasteiger partial charge < -0.3 is 4.90 Å². The molecule has 94 valence electrons. The third kappa shape index (κ3) is 2.63. The second kappa shape index (κ2) is 5.08. The summed E-state index contributed by atoms with van der Waals surface area (Å²) in [6.07, 6.45) is 7.65. The number of hydrogen-bond acceptors (Lipinski definition) is 2. The second-order valence-corrected chi connectivity index (χ2v) is 5.25. The van der Waals surface area contributed by atoms with E-state index in [2.05, 4.69) is 5.10 Å². The van der Waals surface area contributed by atoms with Crippen LogP contribution in [0.4, 0.5) is 0 Å². The van der Waals surface area contributed by atoms with Gasteiger partial charge in [-0.2, -0.15) is 5.10 Å². The van der Waals surface area contributed by atoms with Crippen molar-refractivity contribution in [1.82, 2.24) is 14.7 Å². The molecule has 1 fully saturated rings. The predicted molar refractivity (Wildman–Crippen MR) is 67.2 cm³/mol. The van der Waals surface area contributed by atoms with Crippen molar-refractivity contribution < 1.29 is 4.79 Å². The Morgan fingerprint density at radius 1 is 1.53 bits per heavy atom. The summed E-state index contributed by atoms with van der Waals surface area (Å²) >= 11 is 6.30. The number of amides is 1. The van der Waals surface area contributed by atoms with Crippen LogP contribution >= 0.6 is 11.6 Å². The van der Waals surface area contributed by atoms with E-state index < -0.39 is 0 Å². The molecule has 1 aliphatic rings. The Morgan fingerprint density at radius 2 is 2.24 bits per heavy atom. The van der Waals surface area contributed by atoms with E-state index >= 15 is 0 Å². The number of carbonyl (C=O) groups is 1. The highest BCUT2D eigenvalue weighted by molar-refractivity contribution is 6.21. The Labute approximate surface area is 107 Å².